The molecule has 2 N–H and O–H groups in total. The van der Waals surface area contributed by atoms with Gasteiger partial charge in [-0.05, 0) is 48.1 Å². The molecule has 0 aliphatic carbocycles. The molecule has 2 aromatic carbocycles. The van der Waals surface area contributed by atoms with Crippen molar-refractivity contribution in [1.29, 1.82) is 0 Å². The van der Waals surface area contributed by atoms with E-state index in [9.17, 15) is 5.11 Å². The Morgan fingerprint density at radius 1 is 0.950 bits per heavy atom. The third kappa shape index (κ3) is 2.04. The van der Waals surface area contributed by atoms with E-state index in [1.165, 1.54) is 30.0 Å². The first-order chi connectivity index (χ1) is 9.73. The Morgan fingerprint density at radius 2 is 1.65 bits per heavy atom. The third-order valence-corrected chi connectivity index (χ3v) is 5.03. The first-order valence-corrected chi connectivity index (χ1v) is 7.71. The predicted octanol–water partition coefficient (Wildman–Crippen LogP) is 3.33. The molecule has 2 saturated heterocycles. The number of fused-ring (bicyclic) bond motifs is 3. The van der Waals surface area contributed by atoms with Gasteiger partial charge in [-0.2, -0.15) is 0 Å². The lowest BCUT2D eigenvalue weighted by Gasteiger charge is -2.45. The van der Waals surface area contributed by atoms with Crippen LogP contribution in [0.25, 0.3) is 10.8 Å². The number of aliphatic hydroxyl groups is 1. The second-order valence-electron chi connectivity index (χ2n) is 6.49. The first kappa shape index (κ1) is 12.4. The zero-order valence-corrected chi connectivity index (χ0v) is 11.7. The molecule has 104 valence electrons. The number of hydrogen-bond acceptors (Lipinski definition) is 2. The van der Waals surface area contributed by atoms with Crippen molar-refractivity contribution in [2.24, 2.45) is 0 Å². The Bertz CT molecular complexity index is 624. The van der Waals surface area contributed by atoms with Gasteiger partial charge in [0.25, 0.3) is 0 Å². The van der Waals surface area contributed by atoms with Crippen molar-refractivity contribution in [2.75, 3.05) is 0 Å². The van der Waals surface area contributed by atoms with Gasteiger partial charge in [0.15, 0.2) is 0 Å². The van der Waals surface area contributed by atoms with Gasteiger partial charge in [0.1, 0.15) is 0 Å². The van der Waals surface area contributed by atoms with E-state index in [2.05, 4.69) is 47.8 Å². The SMILES string of the molecule is OC1(c2ccc3ccccc3c2)CC2CCCC(C1)N2. The molecule has 2 aliphatic heterocycles. The minimum atomic E-state index is -0.648. The van der Waals surface area contributed by atoms with Gasteiger partial charge in [-0.25, -0.2) is 0 Å². The number of benzene rings is 2. The van der Waals surface area contributed by atoms with Crippen LogP contribution in [0.1, 0.15) is 37.7 Å². The number of hydrogen-bond donors (Lipinski definition) is 2. The number of rotatable bonds is 1. The van der Waals surface area contributed by atoms with Crippen LogP contribution in [0, 0.1) is 0 Å². The summed E-state index contributed by atoms with van der Waals surface area (Å²) in [5.41, 5.74) is 0.444. The molecule has 2 nitrogen and oxygen atoms in total. The molecular formula is C18H21NO. The van der Waals surface area contributed by atoms with E-state index >= 15 is 0 Å². The fraction of sp³-hybridized carbons (Fsp3) is 0.444. The van der Waals surface area contributed by atoms with Crippen LogP contribution < -0.4 is 5.32 Å². The molecule has 0 saturated carbocycles. The Balaban J connectivity index is 1.73. The van der Waals surface area contributed by atoms with Gasteiger partial charge in [-0.3, -0.25) is 0 Å². The molecule has 2 heterocycles. The maximum absolute atomic E-state index is 11.2. The second kappa shape index (κ2) is 4.57. The molecule has 2 heteroatoms. The molecule has 2 unspecified atom stereocenters. The topological polar surface area (TPSA) is 32.3 Å². The molecule has 4 rings (SSSR count). The Kier molecular flexibility index (Phi) is 2.83. The van der Waals surface area contributed by atoms with Crippen molar-refractivity contribution in [1.82, 2.24) is 5.32 Å². The molecule has 0 radical (unpaired) electrons. The van der Waals surface area contributed by atoms with Gasteiger partial charge in [0, 0.05) is 12.1 Å². The lowest BCUT2D eigenvalue weighted by atomic mass is 9.73. The average molecular weight is 267 g/mol. The molecule has 0 spiro atoms. The largest absolute Gasteiger partial charge is 0.385 e. The Labute approximate surface area is 119 Å². The lowest BCUT2D eigenvalue weighted by molar-refractivity contribution is -0.0357. The predicted molar refractivity (Wildman–Crippen MR) is 81.6 cm³/mol. The van der Waals surface area contributed by atoms with Crippen molar-refractivity contribution < 1.29 is 5.11 Å². The van der Waals surface area contributed by atoms with Crippen molar-refractivity contribution >= 4 is 10.8 Å². The van der Waals surface area contributed by atoms with E-state index < -0.39 is 5.60 Å². The molecule has 2 aliphatic rings. The van der Waals surface area contributed by atoms with E-state index in [0.717, 1.165) is 18.4 Å². The van der Waals surface area contributed by atoms with Gasteiger partial charge < -0.3 is 10.4 Å². The Hall–Kier alpha value is -1.38. The normalized spacial score (nSPS) is 33.2. The summed E-state index contributed by atoms with van der Waals surface area (Å²) in [6, 6.07) is 15.8. The highest BCUT2D eigenvalue weighted by Gasteiger charge is 2.41. The standard InChI is InChI=1S/C18H21NO/c20-18(11-16-6-3-7-17(12-18)19-16)15-9-8-13-4-1-2-5-14(13)10-15/h1-2,4-5,8-10,16-17,19-20H,3,6-7,11-12H2. The summed E-state index contributed by atoms with van der Waals surface area (Å²) in [7, 11) is 0. The second-order valence-corrected chi connectivity index (χ2v) is 6.49. The zero-order chi connectivity index (χ0) is 13.6. The summed E-state index contributed by atoms with van der Waals surface area (Å²) in [6.07, 6.45) is 5.40. The fourth-order valence-electron chi connectivity index (χ4n) is 4.05. The Morgan fingerprint density at radius 3 is 2.40 bits per heavy atom. The molecular weight excluding hydrogens is 246 g/mol. The van der Waals surface area contributed by atoms with Gasteiger partial charge >= 0.3 is 0 Å². The van der Waals surface area contributed by atoms with Crippen molar-refractivity contribution in [3.05, 3.63) is 48.0 Å². The zero-order valence-electron chi connectivity index (χ0n) is 11.7. The quantitative estimate of drug-likeness (QED) is 0.830. The molecule has 2 bridgehead atoms. The lowest BCUT2D eigenvalue weighted by Crippen LogP contribution is -2.54. The van der Waals surface area contributed by atoms with Crippen LogP contribution in [-0.4, -0.2) is 17.2 Å². The molecule has 2 fully saturated rings. The number of nitrogens with one attached hydrogen (secondary N) is 1. The maximum atomic E-state index is 11.2. The van der Waals surface area contributed by atoms with Crippen molar-refractivity contribution in [2.45, 2.75) is 49.8 Å². The van der Waals surface area contributed by atoms with Crippen LogP contribution in [0.5, 0.6) is 0 Å². The molecule has 0 aromatic heterocycles. The highest BCUT2D eigenvalue weighted by Crippen LogP contribution is 2.40. The molecule has 0 amide bonds. The molecule has 20 heavy (non-hydrogen) atoms. The van der Waals surface area contributed by atoms with Crippen LogP contribution in [0.2, 0.25) is 0 Å². The van der Waals surface area contributed by atoms with Crippen LogP contribution in [0.3, 0.4) is 0 Å². The summed E-state index contributed by atoms with van der Waals surface area (Å²) >= 11 is 0. The van der Waals surface area contributed by atoms with Gasteiger partial charge in [-0.15, -0.1) is 0 Å². The van der Waals surface area contributed by atoms with Crippen LogP contribution in [0.15, 0.2) is 42.5 Å². The monoisotopic (exact) mass is 267 g/mol. The summed E-state index contributed by atoms with van der Waals surface area (Å²) in [5.74, 6) is 0. The minimum absolute atomic E-state index is 0.485. The highest BCUT2D eigenvalue weighted by atomic mass is 16.3. The number of piperidine rings is 2. The highest BCUT2D eigenvalue weighted by molar-refractivity contribution is 5.83. The van der Waals surface area contributed by atoms with E-state index in [-0.39, 0.29) is 0 Å². The minimum Gasteiger partial charge on any atom is -0.385 e. The van der Waals surface area contributed by atoms with Crippen molar-refractivity contribution in [3.63, 3.8) is 0 Å². The van der Waals surface area contributed by atoms with Crippen molar-refractivity contribution in [3.8, 4) is 0 Å². The smallest absolute Gasteiger partial charge is 0.0926 e. The van der Waals surface area contributed by atoms with E-state index in [1.54, 1.807) is 0 Å². The average Bonchev–Trinajstić information content (AvgIpc) is 2.46. The third-order valence-electron chi connectivity index (χ3n) is 5.03. The fourth-order valence-corrected chi connectivity index (χ4v) is 4.05. The van der Waals surface area contributed by atoms with E-state index in [4.69, 9.17) is 0 Å². The summed E-state index contributed by atoms with van der Waals surface area (Å²) < 4.78 is 0. The molecule has 2 atom stereocenters. The van der Waals surface area contributed by atoms with Gasteiger partial charge in [0.2, 0.25) is 0 Å². The van der Waals surface area contributed by atoms with Crippen LogP contribution in [-0.2, 0) is 5.60 Å². The van der Waals surface area contributed by atoms with Crippen LogP contribution >= 0.6 is 0 Å². The summed E-state index contributed by atoms with van der Waals surface area (Å²) in [6.45, 7) is 0. The van der Waals surface area contributed by atoms with Crippen LogP contribution in [0.4, 0.5) is 0 Å². The van der Waals surface area contributed by atoms with Gasteiger partial charge in [0.05, 0.1) is 5.60 Å². The van der Waals surface area contributed by atoms with E-state index in [1.807, 2.05) is 0 Å². The first-order valence-electron chi connectivity index (χ1n) is 7.71. The van der Waals surface area contributed by atoms with Gasteiger partial charge in [-0.1, -0.05) is 42.8 Å². The summed E-state index contributed by atoms with van der Waals surface area (Å²) in [5, 5.41) is 17.3. The summed E-state index contributed by atoms with van der Waals surface area (Å²) in [4.78, 5) is 0. The maximum Gasteiger partial charge on any atom is 0.0926 e. The van der Waals surface area contributed by atoms with E-state index in [0.29, 0.717) is 12.1 Å². The molecule has 2 aromatic rings.